The summed E-state index contributed by atoms with van der Waals surface area (Å²) in [5.41, 5.74) is 0. The average molecular weight is 351 g/mol. The Hall–Kier alpha value is -1.04. The molecular formula is C15H21Cl2FN2O2. The number of rotatable bonds is 6. The van der Waals surface area contributed by atoms with Crippen LogP contribution in [0.1, 0.15) is 19.8 Å². The number of amides is 1. The topological polar surface area (TPSA) is 41.6 Å². The van der Waals surface area contributed by atoms with E-state index in [1.54, 1.807) is 0 Å². The molecule has 0 bridgehead atoms. The molecule has 4 nitrogen and oxygen atoms in total. The predicted octanol–water partition coefficient (Wildman–Crippen LogP) is 2.88. The van der Waals surface area contributed by atoms with Crippen molar-refractivity contribution in [1.29, 1.82) is 0 Å². The Bertz CT molecular complexity index is 496. The highest BCUT2D eigenvalue weighted by atomic mass is 35.5. The van der Waals surface area contributed by atoms with E-state index in [1.165, 1.54) is 18.2 Å². The summed E-state index contributed by atoms with van der Waals surface area (Å²) in [7, 11) is 0. The van der Waals surface area contributed by atoms with Gasteiger partial charge in [-0.05, 0) is 31.5 Å². The van der Waals surface area contributed by atoms with Crippen molar-refractivity contribution in [3.05, 3.63) is 29.0 Å². The summed E-state index contributed by atoms with van der Waals surface area (Å²) < 4.78 is 18.5. The Morgan fingerprint density at radius 2 is 2.32 bits per heavy atom. The fraction of sp³-hybridized carbons (Fsp3) is 0.533. The molecule has 124 valence electrons. The van der Waals surface area contributed by atoms with Gasteiger partial charge in [0.05, 0.1) is 5.02 Å². The van der Waals surface area contributed by atoms with Crippen molar-refractivity contribution in [1.82, 2.24) is 10.2 Å². The van der Waals surface area contributed by atoms with Crippen LogP contribution in [0.25, 0.3) is 0 Å². The lowest BCUT2D eigenvalue weighted by Crippen LogP contribution is -2.44. The number of ether oxygens (including phenoxy) is 1. The molecule has 1 saturated heterocycles. The quantitative estimate of drug-likeness (QED) is 0.857. The average Bonchev–Trinajstić information content (AvgIpc) is 2.99. The number of hydrogen-bond donors (Lipinski definition) is 1. The SMILES string of the molecule is CCCN(C(=O)COc1ccc(F)c(Cl)c1)C1CCNC1.Cl. The summed E-state index contributed by atoms with van der Waals surface area (Å²) in [6.07, 6.45) is 1.87. The van der Waals surface area contributed by atoms with Crippen LogP contribution in [-0.4, -0.2) is 43.1 Å². The van der Waals surface area contributed by atoms with Crippen molar-refractivity contribution in [2.45, 2.75) is 25.8 Å². The molecule has 0 spiro atoms. The molecule has 2 rings (SSSR count). The Morgan fingerprint density at radius 1 is 1.55 bits per heavy atom. The van der Waals surface area contributed by atoms with E-state index in [4.69, 9.17) is 16.3 Å². The zero-order valence-electron chi connectivity index (χ0n) is 12.5. The van der Waals surface area contributed by atoms with Gasteiger partial charge in [0.15, 0.2) is 6.61 Å². The van der Waals surface area contributed by atoms with Crippen molar-refractivity contribution in [3.63, 3.8) is 0 Å². The first kappa shape index (κ1) is 19.0. The number of nitrogens with zero attached hydrogens (tertiary/aromatic N) is 1. The second-order valence-electron chi connectivity index (χ2n) is 5.10. The third-order valence-electron chi connectivity index (χ3n) is 3.51. The molecule has 0 aromatic heterocycles. The van der Waals surface area contributed by atoms with E-state index in [0.717, 1.165) is 32.5 Å². The lowest BCUT2D eigenvalue weighted by molar-refractivity contribution is -0.135. The third kappa shape index (κ3) is 5.00. The van der Waals surface area contributed by atoms with Gasteiger partial charge < -0.3 is 15.0 Å². The van der Waals surface area contributed by atoms with Gasteiger partial charge in [0.1, 0.15) is 11.6 Å². The molecule has 1 aliphatic heterocycles. The molecule has 1 aromatic rings. The van der Waals surface area contributed by atoms with Gasteiger partial charge in [-0.25, -0.2) is 4.39 Å². The normalized spacial score (nSPS) is 17.0. The molecule has 1 atom stereocenters. The fourth-order valence-electron chi connectivity index (χ4n) is 2.45. The summed E-state index contributed by atoms with van der Waals surface area (Å²) in [6.45, 7) is 4.47. The van der Waals surface area contributed by atoms with Crippen molar-refractivity contribution in [3.8, 4) is 5.75 Å². The van der Waals surface area contributed by atoms with Gasteiger partial charge in [0.25, 0.3) is 5.91 Å². The van der Waals surface area contributed by atoms with Gasteiger partial charge in [-0.1, -0.05) is 18.5 Å². The van der Waals surface area contributed by atoms with E-state index >= 15 is 0 Å². The molecule has 1 heterocycles. The molecule has 0 radical (unpaired) electrons. The maximum absolute atomic E-state index is 13.1. The largest absolute Gasteiger partial charge is 0.484 e. The summed E-state index contributed by atoms with van der Waals surface area (Å²) in [6, 6.07) is 4.31. The smallest absolute Gasteiger partial charge is 0.260 e. The Kier molecular flexibility index (Phi) is 7.93. The number of benzene rings is 1. The molecule has 22 heavy (non-hydrogen) atoms. The van der Waals surface area contributed by atoms with Crippen LogP contribution in [0.15, 0.2) is 18.2 Å². The molecule has 1 aliphatic rings. The maximum Gasteiger partial charge on any atom is 0.260 e. The number of carbonyl (C=O) groups is 1. The number of hydrogen-bond acceptors (Lipinski definition) is 3. The van der Waals surface area contributed by atoms with Crippen molar-refractivity contribution < 1.29 is 13.9 Å². The van der Waals surface area contributed by atoms with Crippen molar-refractivity contribution in [2.75, 3.05) is 26.2 Å². The highest BCUT2D eigenvalue weighted by molar-refractivity contribution is 6.30. The molecule has 1 fully saturated rings. The minimum Gasteiger partial charge on any atom is -0.484 e. The molecule has 1 amide bonds. The Balaban J connectivity index is 0.00000242. The fourth-order valence-corrected chi connectivity index (χ4v) is 2.62. The molecular weight excluding hydrogens is 330 g/mol. The second-order valence-corrected chi connectivity index (χ2v) is 5.51. The first-order valence-corrected chi connectivity index (χ1v) is 7.57. The van der Waals surface area contributed by atoms with Crippen molar-refractivity contribution in [2.24, 2.45) is 0 Å². The van der Waals surface area contributed by atoms with E-state index in [9.17, 15) is 9.18 Å². The van der Waals surface area contributed by atoms with Gasteiger partial charge in [-0.3, -0.25) is 4.79 Å². The van der Waals surface area contributed by atoms with Gasteiger partial charge in [0, 0.05) is 25.2 Å². The van der Waals surface area contributed by atoms with Gasteiger partial charge in [-0.15, -0.1) is 12.4 Å². The van der Waals surface area contributed by atoms with Crippen molar-refractivity contribution >= 4 is 29.9 Å². The van der Waals surface area contributed by atoms with Crippen LogP contribution < -0.4 is 10.1 Å². The van der Waals surface area contributed by atoms with Crippen LogP contribution in [0, 0.1) is 5.82 Å². The minimum absolute atomic E-state index is 0. The Morgan fingerprint density at radius 3 is 2.91 bits per heavy atom. The first-order valence-electron chi connectivity index (χ1n) is 7.20. The Labute approximate surface area is 141 Å². The second kappa shape index (κ2) is 9.18. The third-order valence-corrected chi connectivity index (χ3v) is 3.80. The summed E-state index contributed by atoms with van der Waals surface area (Å²) >= 11 is 5.69. The molecule has 1 aromatic carbocycles. The van der Waals surface area contributed by atoms with Crippen LogP contribution >= 0.6 is 24.0 Å². The van der Waals surface area contributed by atoms with E-state index in [0.29, 0.717) is 5.75 Å². The van der Waals surface area contributed by atoms with Crippen LogP contribution in [0.3, 0.4) is 0 Å². The summed E-state index contributed by atoms with van der Waals surface area (Å²) in [5, 5.41) is 3.25. The number of halogens is 3. The molecule has 1 N–H and O–H groups in total. The molecule has 1 unspecified atom stereocenters. The van der Waals surface area contributed by atoms with Crippen LogP contribution in [0.4, 0.5) is 4.39 Å². The summed E-state index contributed by atoms with van der Waals surface area (Å²) in [5.74, 6) is -0.151. The van der Waals surface area contributed by atoms with Crippen LogP contribution in [0.5, 0.6) is 5.75 Å². The molecule has 0 saturated carbocycles. The van der Waals surface area contributed by atoms with Gasteiger partial charge >= 0.3 is 0 Å². The highest BCUT2D eigenvalue weighted by Crippen LogP contribution is 2.21. The lowest BCUT2D eigenvalue weighted by Gasteiger charge is -2.28. The number of nitrogens with one attached hydrogen (secondary N) is 1. The van der Waals surface area contributed by atoms with E-state index < -0.39 is 5.82 Å². The van der Waals surface area contributed by atoms with Crippen LogP contribution in [-0.2, 0) is 4.79 Å². The first-order chi connectivity index (χ1) is 10.1. The van der Waals surface area contributed by atoms with E-state index in [-0.39, 0.29) is 36.0 Å². The molecule has 7 heteroatoms. The zero-order valence-corrected chi connectivity index (χ0v) is 14.1. The molecule has 0 aliphatic carbocycles. The van der Waals surface area contributed by atoms with Crippen LogP contribution in [0.2, 0.25) is 5.02 Å². The van der Waals surface area contributed by atoms with Gasteiger partial charge in [0.2, 0.25) is 0 Å². The highest BCUT2D eigenvalue weighted by Gasteiger charge is 2.25. The lowest BCUT2D eigenvalue weighted by atomic mass is 10.2. The number of carbonyl (C=O) groups excluding carboxylic acids is 1. The predicted molar refractivity (Wildman–Crippen MR) is 87.4 cm³/mol. The van der Waals surface area contributed by atoms with E-state index in [2.05, 4.69) is 5.32 Å². The minimum atomic E-state index is -0.500. The zero-order chi connectivity index (χ0) is 15.2. The standard InChI is InChI=1S/C15H20ClFN2O2.ClH/c1-2-7-19(11-5-6-18-9-11)15(20)10-21-12-3-4-14(17)13(16)8-12;/h3-4,8,11,18H,2,5-7,9-10H2,1H3;1H. The van der Waals surface area contributed by atoms with Gasteiger partial charge in [-0.2, -0.15) is 0 Å². The van der Waals surface area contributed by atoms with E-state index in [1.807, 2.05) is 11.8 Å². The summed E-state index contributed by atoms with van der Waals surface area (Å²) in [4.78, 5) is 14.2. The maximum atomic E-state index is 13.1. The monoisotopic (exact) mass is 350 g/mol.